The number of hydrogen-bond acceptors (Lipinski definition) is 1. The van der Waals surface area contributed by atoms with E-state index in [-0.39, 0.29) is 10.8 Å². The smallest absolute Gasteiger partial charge is 0.149 e. The Hall–Kier alpha value is -0.370. The quantitative estimate of drug-likeness (QED) is 0.561. The minimum atomic E-state index is -0.195. The molecule has 3 aliphatic rings. The zero-order chi connectivity index (χ0) is 12.7. The number of allylic oxidation sites excluding steroid dienone is 4. The average Bonchev–Trinajstić information content (AvgIpc) is 2.33. The lowest BCUT2D eigenvalue weighted by atomic mass is 9.52. The van der Waals surface area contributed by atoms with Gasteiger partial charge in [-0.1, -0.05) is 46.7 Å². The van der Waals surface area contributed by atoms with Crippen molar-refractivity contribution in [3.63, 3.8) is 0 Å². The number of fused-ring (bicyclic) bond motifs is 2. The average molecular weight is 297 g/mol. The Morgan fingerprint density at radius 1 is 1.59 bits per heavy atom. The molecular formula is C15H21BrO. The van der Waals surface area contributed by atoms with Crippen LogP contribution in [-0.4, -0.2) is 11.1 Å². The van der Waals surface area contributed by atoms with Gasteiger partial charge in [-0.25, -0.2) is 0 Å². The third kappa shape index (κ3) is 2.05. The summed E-state index contributed by atoms with van der Waals surface area (Å²) in [5.41, 5.74) is 0.944. The summed E-state index contributed by atoms with van der Waals surface area (Å²) in [5, 5.41) is 0.898. The highest BCUT2D eigenvalue weighted by atomic mass is 79.9. The van der Waals surface area contributed by atoms with E-state index in [0.29, 0.717) is 11.7 Å². The fraction of sp³-hybridized carbons (Fsp3) is 0.667. The van der Waals surface area contributed by atoms with Crippen LogP contribution in [0.2, 0.25) is 0 Å². The van der Waals surface area contributed by atoms with Gasteiger partial charge in [-0.15, -0.1) is 0 Å². The topological polar surface area (TPSA) is 17.1 Å². The van der Waals surface area contributed by atoms with Gasteiger partial charge in [0.25, 0.3) is 0 Å². The van der Waals surface area contributed by atoms with Crippen molar-refractivity contribution in [3.8, 4) is 0 Å². The van der Waals surface area contributed by atoms with E-state index < -0.39 is 0 Å². The predicted molar refractivity (Wildman–Crippen MR) is 75.3 cm³/mol. The van der Waals surface area contributed by atoms with E-state index in [2.05, 4.69) is 54.9 Å². The highest BCUT2D eigenvalue weighted by molar-refractivity contribution is 9.09. The molecule has 0 heterocycles. The monoisotopic (exact) mass is 296 g/mol. The molecule has 3 aliphatic carbocycles. The highest BCUT2D eigenvalue weighted by Crippen LogP contribution is 2.53. The summed E-state index contributed by atoms with van der Waals surface area (Å²) in [6, 6.07) is 0. The molecule has 0 amide bonds. The third-order valence-corrected chi connectivity index (χ3v) is 5.50. The number of halogens is 1. The van der Waals surface area contributed by atoms with Crippen molar-refractivity contribution < 1.29 is 4.79 Å². The molecule has 3 rings (SSSR count). The minimum Gasteiger partial charge on any atom is -0.298 e. The van der Waals surface area contributed by atoms with E-state index in [9.17, 15) is 4.79 Å². The fourth-order valence-corrected chi connectivity index (χ4v) is 3.42. The Labute approximate surface area is 112 Å². The van der Waals surface area contributed by atoms with Crippen molar-refractivity contribution in [1.82, 2.24) is 0 Å². The number of Topliss-reactive ketones (excluding diaryl/α,β-unsaturated/α-hetero) is 1. The minimum absolute atomic E-state index is 0.175. The van der Waals surface area contributed by atoms with Gasteiger partial charge in [0.05, 0.1) is 0 Å². The van der Waals surface area contributed by atoms with Crippen LogP contribution in [0.1, 0.15) is 40.0 Å². The molecule has 3 atom stereocenters. The van der Waals surface area contributed by atoms with Crippen LogP contribution < -0.4 is 0 Å². The molecule has 2 heteroatoms. The maximum atomic E-state index is 12.6. The fourth-order valence-electron chi connectivity index (χ4n) is 3.19. The Kier molecular flexibility index (Phi) is 3.37. The molecule has 0 saturated heterocycles. The van der Waals surface area contributed by atoms with Gasteiger partial charge < -0.3 is 0 Å². The summed E-state index contributed by atoms with van der Waals surface area (Å²) in [7, 11) is 0. The number of alkyl halides is 1. The first kappa shape index (κ1) is 13.1. The van der Waals surface area contributed by atoms with Crippen LogP contribution in [0.4, 0.5) is 0 Å². The molecule has 0 radical (unpaired) electrons. The Morgan fingerprint density at radius 2 is 2.29 bits per heavy atom. The lowest BCUT2D eigenvalue weighted by molar-refractivity contribution is -0.143. The molecule has 94 valence electrons. The van der Waals surface area contributed by atoms with Crippen molar-refractivity contribution in [1.29, 1.82) is 0 Å². The van der Waals surface area contributed by atoms with E-state index in [1.807, 2.05) is 0 Å². The van der Waals surface area contributed by atoms with E-state index >= 15 is 0 Å². The number of carbonyl (C=O) groups excluding carboxylic acids is 1. The molecule has 0 aromatic heterocycles. The van der Waals surface area contributed by atoms with Gasteiger partial charge >= 0.3 is 0 Å². The number of hydrogen-bond donors (Lipinski definition) is 0. The summed E-state index contributed by atoms with van der Waals surface area (Å²) in [5.74, 6) is 0.888. The van der Waals surface area contributed by atoms with Gasteiger partial charge in [0.1, 0.15) is 5.78 Å². The van der Waals surface area contributed by atoms with Crippen LogP contribution in [0, 0.1) is 16.7 Å². The zero-order valence-electron chi connectivity index (χ0n) is 10.9. The molecule has 0 aliphatic heterocycles. The van der Waals surface area contributed by atoms with Gasteiger partial charge in [-0.3, -0.25) is 4.79 Å². The molecule has 0 spiro atoms. The van der Waals surface area contributed by atoms with E-state index in [4.69, 9.17) is 0 Å². The molecule has 0 N–H and O–H groups in total. The molecule has 2 bridgehead atoms. The molecular weight excluding hydrogens is 276 g/mol. The second-order valence-electron chi connectivity index (χ2n) is 6.06. The summed E-state index contributed by atoms with van der Waals surface area (Å²) in [4.78, 5) is 12.6. The maximum absolute atomic E-state index is 12.6. The Balaban J connectivity index is 2.26. The van der Waals surface area contributed by atoms with Gasteiger partial charge in [0.15, 0.2) is 0 Å². The van der Waals surface area contributed by atoms with Crippen LogP contribution in [0.3, 0.4) is 0 Å². The highest BCUT2D eigenvalue weighted by Gasteiger charge is 2.53. The van der Waals surface area contributed by atoms with E-state index in [1.165, 1.54) is 5.57 Å². The van der Waals surface area contributed by atoms with Gasteiger partial charge in [-0.05, 0) is 39.0 Å². The summed E-state index contributed by atoms with van der Waals surface area (Å²) in [6.07, 6.45) is 9.73. The normalized spacial score (nSPS) is 41.1. The SMILES string of the molecule is C/C(=C\C[C@@]1(C)C(=O)[C@@]2(C)C=CC1CC2)CBr. The van der Waals surface area contributed by atoms with Crippen molar-refractivity contribution in [3.05, 3.63) is 23.8 Å². The molecule has 1 nitrogen and oxygen atoms in total. The van der Waals surface area contributed by atoms with Crippen LogP contribution in [0.25, 0.3) is 0 Å². The maximum Gasteiger partial charge on any atom is 0.149 e. The number of carbonyl (C=O) groups is 1. The van der Waals surface area contributed by atoms with Gasteiger partial charge in [-0.2, -0.15) is 0 Å². The molecule has 0 aromatic rings. The first-order valence-electron chi connectivity index (χ1n) is 6.38. The van der Waals surface area contributed by atoms with Gasteiger partial charge in [0.2, 0.25) is 0 Å². The first-order valence-corrected chi connectivity index (χ1v) is 7.50. The Bertz CT molecular complexity index is 396. The third-order valence-electron chi connectivity index (χ3n) is 4.61. The first-order chi connectivity index (χ1) is 7.92. The van der Waals surface area contributed by atoms with Crippen LogP contribution in [0.5, 0.6) is 0 Å². The lowest BCUT2D eigenvalue weighted by Crippen LogP contribution is -2.51. The van der Waals surface area contributed by atoms with Crippen LogP contribution >= 0.6 is 15.9 Å². The number of ketones is 1. The second kappa shape index (κ2) is 4.38. The predicted octanol–water partition coefficient (Wildman–Crippen LogP) is 4.28. The van der Waals surface area contributed by atoms with Crippen LogP contribution in [-0.2, 0) is 4.79 Å². The molecule has 0 aromatic carbocycles. The number of rotatable bonds is 3. The van der Waals surface area contributed by atoms with Crippen molar-refractivity contribution in [2.24, 2.45) is 16.7 Å². The van der Waals surface area contributed by atoms with Crippen LogP contribution in [0.15, 0.2) is 23.8 Å². The van der Waals surface area contributed by atoms with Crippen molar-refractivity contribution in [2.75, 3.05) is 5.33 Å². The van der Waals surface area contributed by atoms with E-state index in [0.717, 1.165) is 24.6 Å². The molecule has 1 saturated carbocycles. The molecule has 1 unspecified atom stereocenters. The second-order valence-corrected chi connectivity index (χ2v) is 6.62. The largest absolute Gasteiger partial charge is 0.298 e. The van der Waals surface area contributed by atoms with Gasteiger partial charge in [0, 0.05) is 16.2 Å². The lowest BCUT2D eigenvalue weighted by Gasteiger charge is -2.49. The standard InChI is InChI=1S/C15H21BrO/c1-11(10-16)4-9-15(3)12-5-7-14(2,8-6-12)13(15)17/h4-5,7,12H,6,8-10H2,1-3H3/b11-4+/t12?,14-,15+/m0/s1. The summed E-state index contributed by atoms with van der Waals surface area (Å²) >= 11 is 3.46. The molecule has 1 fully saturated rings. The van der Waals surface area contributed by atoms with Crippen molar-refractivity contribution >= 4 is 21.7 Å². The molecule has 17 heavy (non-hydrogen) atoms. The Morgan fingerprint density at radius 3 is 2.82 bits per heavy atom. The summed E-state index contributed by atoms with van der Waals surface area (Å²) in [6.45, 7) is 6.36. The van der Waals surface area contributed by atoms with E-state index in [1.54, 1.807) is 0 Å². The summed E-state index contributed by atoms with van der Waals surface area (Å²) < 4.78 is 0. The zero-order valence-corrected chi connectivity index (χ0v) is 12.5. The van der Waals surface area contributed by atoms with Crippen molar-refractivity contribution in [2.45, 2.75) is 40.0 Å².